The first-order chi connectivity index (χ1) is 11.5. The largest absolute Gasteiger partial charge is 0.493 e. The lowest BCUT2D eigenvalue weighted by atomic mass is 10.1. The first-order valence-corrected chi connectivity index (χ1v) is 8.74. The lowest BCUT2D eigenvalue weighted by Crippen LogP contribution is -2.07. The Morgan fingerprint density at radius 2 is 2.38 bits per heavy atom. The molecule has 1 aromatic heterocycles. The normalized spacial score (nSPS) is 16.0. The van der Waals surface area contributed by atoms with Gasteiger partial charge in [0.2, 0.25) is 5.91 Å². The van der Waals surface area contributed by atoms with Crippen molar-refractivity contribution in [3.05, 3.63) is 40.4 Å². The number of fused-ring (bicyclic) bond motifs is 1. The minimum Gasteiger partial charge on any atom is -0.493 e. The zero-order valence-corrected chi connectivity index (χ0v) is 14.8. The van der Waals surface area contributed by atoms with Crippen LogP contribution in [-0.4, -0.2) is 23.6 Å². The Hall–Kier alpha value is -2.34. The molecule has 2 aromatic rings. The summed E-state index contributed by atoms with van der Waals surface area (Å²) in [7, 11) is 0. The van der Waals surface area contributed by atoms with Crippen LogP contribution in [0.5, 0.6) is 11.5 Å². The van der Waals surface area contributed by atoms with Crippen LogP contribution in [0, 0.1) is 6.92 Å². The number of benzene rings is 1. The second-order valence-corrected chi connectivity index (χ2v) is 6.90. The van der Waals surface area contributed by atoms with E-state index >= 15 is 0 Å². The molecule has 126 valence electrons. The van der Waals surface area contributed by atoms with Gasteiger partial charge in [-0.1, -0.05) is 0 Å². The van der Waals surface area contributed by atoms with Gasteiger partial charge in [0.05, 0.1) is 6.61 Å². The fourth-order valence-electron chi connectivity index (χ4n) is 2.59. The van der Waals surface area contributed by atoms with E-state index in [-0.39, 0.29) is 12.0 Å². The fourth-order valence-corrected chi connectivity index (χ4v) is 3.26. The van der Waals surface area contributed by atoms with Crippen LogP contribution in [0.2, 0.25) is 0 Å². The van der Waals surface area contributed by atoms with Crippen molar-refractivity contribution in [2.45, 2.75) is 33.3 Å². The summed E-state index contributed by atoms with van der Waals surface area (Å²) in [5.41, 5.74) is 1.97. The maximum atomic E-state index is 12.0. The molecule has 1 unspecified atom stereocenters. The molecular formula is C18H20N2O3S. The van der Waals surface area contributed by atoms with E-state index in [0.717, 1.165) is 33.9 Å². The number of anilines is 1. The third kappa shape index (κ3) is 3.76. The first kappa shape index (κ1) is 16.5. The maximum absolute atomic E-state index is 12.0. The van der Waals surface area contributed by atoms with Crippen molar-refractivity contribution < 1.29 is 14.3 Å². The topological polar surface area (TPSA) is 60.5 Å². The first-order valence-electron chi connectivity index (χ1n) is 7.93. The number of hydrogen-bond donors (Lipinski definition) is 1. The molecule has 0 saturated carbocycles. The number of hydrogen-bond acceptors (Lipinski definition) is 5. The number of carbonyl (C=O) groups is 1. The molecule has 3 rings (SSSR count). The molecular weight excluding hydrogens is 324 g/mol. The van der Waals surface area contributed by atoms with Crippen molar-refractivity contribution in [3.63, 3.8) is 0 Å². The zero-order chi connectivity index (χ0) is 17.1. The molecule has 6 heteroatoms. The van der Waals surface area contributed by atoms with E-state index in [1.54, 1.807) is 12.3 Å². The van der Waals surface area contributed by atoms with Crippen LogP contribution >= 0.6 is 11.3 Å². The predicted octanol–water partition coefficient (Wildman–Crippen LogP) is 3.83. The summed E-state index contributed by atoms with van der Waals surface area (Å²) in [6, 6.07) is 3.94. The number of rotatable bonds is 5. The van der Waals surface area contributed by atoms with Gasteiger partial charge in [0.25, 0.3) is 0 Å². The summed E-state index contributed by atoms with van der Waals surface area (Å²) in [6.45, 7) is 6.50. The van der Waals surface area contributed by atoms with Gasteiger partial charge in [0, 0.05) is 34.7 Å². The number of carbonyl (C=O) groups excluding carboxylic acids is 1. The average molecular weight is 344 g/mol. The Balaban J connectivity index is 1.78. The van der Waals surface area contributed by atoms with Gasteiger partial charge in [0.1, 0.15) is 17.6 Å². The van der Waals surface area contributed by atoms with Crippen LogP contribution in [0.1, 0.15) is 29.9 Å². The average Bonchev–Trinajstić information content (AvgIpc) is 3.09. The van der Waals surface area contributed by atoms with Gasteiger partial charge >= 0.3 is 0 Å². The lowest BCUT2D eigenvalue weighted by molar-refractivity contribution is -0.111. The Morgan fingerprint density at radius 1 is 1.54 bits per heavy atom. The number of ether oxygens (including phenoxy) is 2. The highest BCUT2D eigenvalue weighted by molar-refractivity contribution is 7.15. The summed E-state index contributed by atoms with van der Waals surface area (Å²) in [5, 5.41) is 3.35. The quantitative estimate of drug-likeness (QED) is 0.838. The molecule has 1 aliphatic rings. The lowest BCUT2D eigenvalue weighted by Gasteiger charge is -2.10. The molecule has 0 radical (unpaired) electrons. The van der Waals surface area contributed by atoms with Gasteiger partial charge in [-0.15, -0.1) is 11.3 Å². The summed E-state index contributed by atoms with van der Waals surface area (Å²) in [5.74, 6) is 1.41. The molecule has 0 fully saturated rings. The highest BCUT2D eigenvalue weighted by atomic mass is 32.1. The number of nitrogens with one attached hydrogen (secondary N) is 1. The number of amides is 1. The van der Waals surface area contributed by atoms with Crippen molar-refractivity contribution in [1.82, 2.24) is 4.98 Å². The monoisotopic (exact) mass is 344 g/mol. The molecule has 1 N–H and O–H groups in total. The van der Waals surface area contributed by atoms with Crippen molar-refractivity contribution in [2.24, 2.45) is 0 Å². The smallest absolute Gasteiger partial charge is 0.250 e. The van der Waals surface area contributed by atoms with Gasteiger partial charge in [0.15, 0.2) is 5.13 Å². The fraction of sp³-hybridized carbons (Fsp3) is 0.333. The predicted molar refractivity (Wildman–Crippen MR) is 95.9 cm³/mol. The molecule has 0 aliphatic carbocycles. The Bertz CT molecular complexity index is 783. The molecule has 2 heterocycles. The molecule has 5 nitrogen and oxygen atoms in total. The van der Waals surface area contributed by atoms with Crippen molar-refractivity contribution >= 4 is 28.5 Å². The van der Waals surface area contributed by atoms with Crippen LogP contribution in [0.4, 0.5) is 5.13 Å². The van der Waals surface area contributed by atoms with E-state index in [2.05, 4.69) is 10.3 Å². The van der Waals surface area contributed by atoms with Crippen LogP contribution < -0.4 is 14.8 Å². The summed E-state index contributed by atoms with van der Waals surface area (Å²) in [4.78, 5) is 17.2. The third-order valence-electron chi connectivity index (χ3n) is 3.59. The van der Waals surface area contributed by atoms with E-state index in [0.29, 0.717) is 11.7 Å². The van der Waals surface area contributed by atoms with E-state index in [9.17, 15) is 4.79 Å². The van der Waals surface area contributed by atoms with Crippen LogP contribution in [0.3, 0.4) is 0 Å². The molecule has 1 aliphatic heterocycles. The third-order valence-corrected chi connectivity index (χ3v) is 4.42. The minimum atomic E-state index is -0.221. The van der Waals surface area contributed by atoms with E-state index in [4.69, 9.17) is 9.47 Å². The second-order valence-electron chi connectivity index (χ2n) is 5.66. The molecule has 24 heavy (non-hydrogen) atoms. The summed E-state index contributed by atoms with van der Waals surface area (Å²) < 4.78 is 11.5. The highest BCUT2D eigenvalue weighted by Gasteiger charge is 2.21. The standard InChI is InChI=1S/C18H20N2O3S/c1-4-22-15-9-14-7-11(2)23-16(14)8-13(15)5-6-17(21)20-18-19-10-12(3)24-18/h5-6,8-11H,4,7H2,1-3H3,(H,19,20,21)/b6-5+. The zero-order valence-electron chi connectivity index (χ0n) is 14.0. The van der Waals surface area contributed by atoms with E-state index in [1.165, 1.54) is 17.4 Å². The maximum Gasteiger partial charge on any atom is 0.250 e. The molecule has 0 spiro atoms. The van der Waals surface area contributed by atoms with Crippen molar-refractivity contribution in [2.75, 3.05) is 11.9 Å². The van der Waals surface area contributed by atoms with Crippen LogP contribution in [0.15, 0.2) is 24.4 Å². The summed E-state index contributed by atoms with van der Waals surface area (Å²) >= 11 is 1.44. The van der Waals surface area contributed by atoms with Crippen LogP contribution in [0.25, 0.3) is 6.08 Å². The number of thiazole rings is 1. The van der Waals surface area contributed by atoms with Crippen LogP contribution in [-0.2, 0) is 11.2 Å². The summed E-state index contributed by atoms with van der Waals surface area (Å²) in [6.07, 6.45) is 6.01. The van der Waals surface area contributed by atoms with Gasteiger partial charge in [-0.25, -0.2) is 4.98 Å². The van der Waals surface area contributed by atoms with Crippen molar-refractivity contribution in [1.29, 1.82) is 0 Å². The molecule has 0 saturated heterocycles. The Labute approximate surface area is 145 Å². The molecule has 1 aromatic carbocycles. The highest BCUT2D eigenvalue weighted by Crippen LogP contribution is 2.35. The molecule has 0 bridgehead atoms. The Kier molecular flexibility index (Phi) is 4.85. The SMILES string of the molecule is CCOc1cc2c(cc1/C=C/C(=O)Nc1ncc(C)s1)OC(C)C2. The van der Waals surface area contributed by atoms with E-state index in [1.807, 2.05) is 32.9 Å². The number of aryl methyl sites for hydroxylation is 1. The second kappa shape index (κ2) is 7.05. The van der Waals surface area contributed by atoms with Gasteiger partial charge < -0.3 is 9.47 Å². The molecule has 1 amide bonds. The Morgan fingerprint density at radius 3 is 3.08 bits per heavy atom. The number of nitrogens with zero attached hydrogens (tertiary/aromatic N) is 1. The van der Waals surface area contributed by atoms with Gasteiger partial charge in [-0.2, -0.15) is 0 Å². The van der Waals surface area contributed by atoms with Gasteiger partial charge in [-0.05, 0) is 39.0 Å². The number of aromatic nitrogens is 1. The molecule has 1 atom stereocenters. The minimum absolute atomic E-state index is 0.171. The van der Waals surface area contributed by atoms with Crippen molar-refractivity contribution in [3.8, 4) is 11.5 Å². The van der Waals surface area contributed by atoms with E-state index < -0.39 is 0 Å². The van der Waals surface area contributed by atoms with Gasteiger partial charge in [-0.3, -0.25) is 10.1 Å².